The van der Waals surface area contributed by atoms with E-state index in [1.807, 2.05) is 48.7 Å². The summed E-state index contributed by atoms with van der Waals surface area (Å²) < 4.78 is 0. The van der Waals surface area contributed by atoms with E-state index in [-0.39, 0.29) is 6.04 Å². The molecule has 0 radical (unpaired) electrons. The molecule has 3 nitrogen and oxygen atoms in total. The second kappa shape index (κ2) is 7.46. The van der Waals surface area contributed by atoms with Crippen LogP contribution < -0.4 is 5.32 Å². The van der Waals surface area contributed by atoms with Gasteiger partial charge < -0.3 is 10.3 Å². The summed E-state index contributed by atoms with van der Waals surface area (Å²) in [5, 5.41) is 13.9. The predicted octanol–water partition coefficient (Wildman–Crippen LogP) is 6.21. The highest BCUT2D eigenvalue weighted by molar-refractivity contribution is 5.94. The number of hydrogen-bond donors (Lipinski definition) is 2. The van der Waals surface area contributed by atoms with E-state index in [1.165, 1.54) is 5.56 Å². The van der Waals surface area contributed by atoms with Crippen molar-refractivity contribution in [2.75, 3.05) is 5.32 Å². The number of aromatic amines is 1. The van der Waals surface area contributed by atoms with E-state index in [0.717, 1.165) is 33.3 Å². The Labute approximate surface area is 165 Å². The third-order valence-electron chi connectivity index (χ3n) is 4.97. The number of rotatable bonds is 5. The van der Waals surface area contributed by atoms with E-state index in [2.05, 4.69) is 60.2 Å². The summed E-state index contributed by atoms with van der Waals surface area (Å²) in [7, 11) is 0. The molecule has 1 heterocycles. The Bertz CT molecular complexity index is 1180. The molecule has 1 aromatic heterocycles. The average Bonchev–Trinajstić information content (AvgIpc) is 3.15. The van der Waals surface area contributed by atoms with Gasteiger partial charge in [-0.1, -0.05) is 49.0 Å². The molecule has 0 spiro atoms. The molecule has 0 aliphatic rings. The number of benzene rings is 3. The molecule has 3 aromatic carbocycles. The first-order valence-electron chi connectivity index (χ1n) is 9.24. The Balaban J connectivity index is 1.78. The molecule has 1 atom stereocenters. The Kier molecular flexibility index (Phi) is 4.70. The summed E-state index contributed by atoms with van der Waals surface area (Å²) in [6.07, 6.45) is 1.97. The van der Waals surface area contributed by atoms with Gasteiger partial charge in [-0.2, -0.15) is 5.26 Å². The fourth-order valence-corrected chi connectivity index (χ4v) is 3.53. The van der Waals surface area contributed by atoms with Crippen LogP contribution >= 0.6 is 0 Å². The first-order valence-corrected chi connectivity index (χ1v) is 9.24. The van der Waals surface area contributed by atoms with Crippen LogP contribution in [0, 0.1) is 18.3 Å². The molecule has 2 N–H and O–H groups in total. The van der Waals surface area contributed by atoms with Crippen molar-refractivity contribution in [3.63, 3.8) is 0 Å². The Morgan fingerprint density at radius 2 is 1.86 bits per heavy atom. The zero-order valence-electron chi connectivity index (χ0n) is 15.7. The quantitative estimate of drug-likeness (QED) is 0.442. The van der Waals surface area contributed by atoms with E-state index in [9.17, 15) is 5.26 Å². The van der Waals surface area contributed by atoms with Gasteiger partial charge in [-0.25, -0.2) is 0 Å². The zero-order chi connectivity index (χ0) is 19.5. The molecule has 0 saturated heterocycles. The fourth-order valence-electron chi connectivity index (χ4n) is 3.53. The van der Waals surface area contributed by atoms with Crippen molar-refractivity contribution in [1.82, 2.24) is 4.98 Å². The van der Waals surface area contributed by atoms with Crippen LogP contribution in [0.1, 0.15) is 28.3 Å². The van der Waals surface area contributed by atoms with Crippen molar-refractivity contribution in [2.45, 2.75) is 13.0 Å². The van der Waals surface area contributed by atoms with Crippen LogP contribution in [-0.2, 0) is 0 Å². The highest BCUT2D eigenvalue weighted by Gasteiger charge is 2.19. The molecule has 28 heavy (non-hydrogen) atoms. The summed E-state index contributed by atoms with van der Waals surface area (Å²) in [5.41, 5.74) is 7.00. The van der Waals surface area contributed by atoms with E-state index in [4.69, 9.17) is 0 Å². The number of H-pyrrole nitrogens is 1. The first kappa shape index (κ1) is 17.6. The van der Waals surface area contributed by atoms with E-state index in [1.54, 1.807) is 0 Å². The van der Waals surface area contributed by atoms with Crippen LogP contribution in [0.4, 0.5) is 5.69 Å². The van der Waals surface area contributed by atoms with Crippen molar-refractivity contribution < 1.29 is 0 Å². The van der Waals surface area contributed by atoms with Gasteiger partial charge in [0, 0.05) is 28.4 Å². The van der Waals surface area contributed by atoms with Gasteiger partial charge in [-0.3, -0.25) is 0 Å². The van der Waals surface area contributed by atoms with E-state index >= 15 is 0 Å². The van der Waals surface area contributed by atoms with Crippen LogP contribution in [0.25, 0.3) is 16.5 Å². The highest BCUT2D eigenvalue weighted by atomic mass is 14.9. The third kappa shape index (κ3) is 3.41. The minimum Gasteiger partial charge on any atom is -0.374 e. The number of aryl methyl sites for hydroxylation is 1. The van der Waals surface area contributed by atoms with E-state index in [0.29, 0.717) is 5.56 Å². The first-order chi connectivity index (χ1) is 13.7. The fraction of sp³-hybridized carbons (Fsp3) is 0.0800. The number of anilines is 1. The van der Waals surface area contributed by atoms with Crippen LogP contribution in [0.15, 0.2) is 85.6 Å². The molecular weight excluding hydrogens is 342 g/mol. The summed E-state index contributed by atoms with van der Waals surface area (Å²) in [4.78, 5) is 3.30. The highest BCUT2D eigenvalue weighted by Crippen LogP contribution is 2.35. The van der Waals surface area contributed by atoms with Gasteiger partial charge in [-0.15, -0.1) is 0 Å². The Morgan fingerprint density at radius 1 is 1.04 bits per heavy atom. The number of nitriles is 1. The molecule has 0 amide bonds. The number of nitrogens with one attached hydrogen (secondary N) is 2. The largest absolute Gasteiger partial charge is 0.374 e. The van der Waals surface area contributed by atoms with E-state index < -0.39 is 0 Å². The van der Waals surface area contributed by atoms with Crippen LogP contribution in [-0.4, -0.2) is 4.98 Å². The molecule has 0 fully saturated rings. The Hall–Kier alpha value is -3.77. The maximum Gasteiger partial charge on any atom is 0.0991 e. The van der Waals surface area contributed by atoms with Gasteiger partial charge in [0.15, 0.2) is 0 Å². The zero-order valence-corrected chi connectivity index (χ0v) is 15.7. The van der Waals surface area contributed by atoms with Crippen molar-refractivity contribution in [1.29, 1.82) is 5.26 Å². The van der Waals surface area contributed by atoms with Gasteiger partial charge in [-0.05, 0) is 54.0 Å². The molecule has 0 bridgehead atoms. The third-order valence-corrected chi connectivity index (χ3v) is 4.97. The lowest BCUT2D eigenvalue weighted by Gasteiger charge is -2.23. The van der Waals surface area contributed by atoms with Crippen molar-refractivity contribution >= 4 is 22.2 Å². The van der Waals surface area contributed by atoms with Crippen molar-refractivity contribution in [3.8, 4) is 6.07 Å². The average molecular weight is 363 g/mol. The molecule has 0 aliphatic heterocycles. The summed E-state index contributed by atoms with van der Waals surface area (Å²) in [6, 6.07) is 26.5. The van der Waals surface area contributed by atoms with Crippen LogP contribution in [0.3, 0.4) is 0 Å². The lowest BCUT2D eigenvalue weighted by Crippen LogP contribution is -2.12. The second-order valence-corrected chi connectivity index (χ2v) is 6.96. The maximum absolute atomic E-state index is 9.28. The molecule has 0 saturated carbocycles. The smallest absolute Gasteiger partial charge is 0.0991 e. The molecule has 4 aromatic rings. The van der Waals surface area contributed by atoms with Gasteiger partial charge in [0.1, 0.15) is 0 Å². The lowest BCUT2D eigenvalue weighted by atomic mass is 9.93. The van der Waals surface area contributed by atoms with Gasteiger partial charge in [0.2, 0.25) is 0 Å². The lowest BCUT2D eigenvalue weighted by molar-refractivity contribution is 1.01. The van der Waals surface area contributed by atoms with Crippen molar-refractivity contribution in [3.05, 3.63) is 108 Å². The molecule has 4 rings (SSSR count). The second-order valence-electron chi connectivity index (χ2n) is 6.96. The molecule has 3 heteroatoms. The minimum absolute atomic E-state index is 0.0901. The SMILES string of the molecule is C=C(c1c[nH]c2ccc(C#N)cc12)C(Nc1cccc(C)c1)c1ccccc1. The summed E-state index contributed by atoms with van der Waals surface area (Å²) in [6.45, 7) is 6.52. The van der Waals surface area contributed by atoms with Crippen molar-refractivity contribution in [2.24, 2.45) is 0 Å². The van der Waals surface area contributed by atoms with Gasteiger partial charge >= 0.3 is 0 Å². The van der Waals surface area contributed by atoms with Crippen LogP contribution in [0.5, 0.6) is 0 Å². The van der Waals surface area contributed by atoms with Gasteiger partial charge in [0.05, 0.1) is 17.7 Å². The summed E-state index contributed by atoms with van der Waals surface area (Å²) >= 11 is 0. The monoisotopic (exact) mass is 363 g/mol. The maximum atomic E-state index is 9.28. The summed E-state index contributed by atoms with van der Waals surface area (Å²) in [5.74, 6) is 0. The minimum atomic E-state index is -0.0901. The molecule has 136 valence electrons. The molecular formula is C25H21N3. The van der Waals surface area contributed by atoms with Gasteiger partial charge in [0.25, 0.3) is 0 Å². The normalized spacial score (nSPS) is 11.7. The molecule has 1 unspecified atom stereocenters. The topological polar surface area (TPSA) is 51.6 Å². The van der Waals surface area contributed by atoms with Crippen LogP contribution in [0.2, 0.25) is 0 Å². The standard InChI is InChI=1S/C25H21N3/c1-17-7-6-10-21(13-17)28-25(20-8-4-3-5-9-20)18(2)23-16-27-24-12-11-19(15-26)14-22(23)24/h3-14,16,25,27-28H,2H2,1H3. The number of nitrogens with zero attached hydrogens (tertiary/aromatic N) is 1. The number of fused-ring (bicyclic) bond motifs is 1. The Morgan fingerprint density at radius 3 is 2.61 bits per heavy atom. The number of hydrogen-bond acceptors (Lipinski definition) is 2. The number of aromatic nitrogens is 1. The predicted molar refractivity (Wildman–Crippen MR) is 116 cm³/mol. The molecule has 0 aliphatic carbocycles.